The number of hydrogen-bond donors (Lipinski definition) is 4. The molecule has 2 atom stereocenters. The lowest BCUT2D eigenvalue weighted by Crippen LogP contribution is -2.28. The van der Waals surface area contributed by atoms with E-state index < -0.39 is 0 Å². The Hall–Kier alpha value is -1.52. The molecule has 0 aromatic heterocycles. The fraction of sp³-hybridized carbons (Fsp3) is 0.500. The first-order valence-electron chi connectivity index (χ1n) is 7.25. The zero-order valence-corrected chi connectivity index (χ0v) is 12.5. The standard InChI is InChI=1S/C16H26N4/c1-10(4-5-12-8-20-9-15(12)18)13-6-11(2)16(19-3)14(17)7-13/h6-7,12,15,19-20H,1,4-5,8-9,17-18H2,2-3H3. The summed E-state index contributed by atoms with van der Waals surface area (Å²) in [7, 11) is 1.89. The minimum absolute atomic E-state index is 0.279. The fourth-order valence-corrected chi connectivity index (χ4v) is 2.93. The molecule has 20 heavy (non-hydrogen) atoms. The van der Waals surface area contributed by atoms with Gasteiger partial charge in [-0.2, -0.15) is 0 Å². The zero-order valence-electron chi connectivity index (χ0n) is 12.5. The van der Waals surface area contributed by atoms with Crippen molar-refractivity contribution in [2.24, 2.45) is 11.7 Å². The molecule has 1 fully saturated rings. The molecule has 1 aliphatic rings. The van der Waals surface area contributed by atoms with Gasteiger partial charge in [-0.05, 0) is 61.1 Å². The van der Waals surface area contributed by atoms with E-state index in [1.54, 1.807) is 0 Å². The highest BCUT2D eigenvalue weighted by atomic mass is 15.0. The van der Waals surface area contributed by atoms with E-state index in [-0.39, 0.29) is 6.04 Å². The Morgan fingerprint density at radius 2 is 2.20 bits per heavy atom. The van der Waals surface area contributed by atoms with Gasteiger partial charge in [-0.1, -0.05) is 6.58 Å². The summed E-state index contributed by atoms with van der Waals surface area (Å²) >= 11 is 0. The molecule has 110 valence electrons. The van der Waals surface area contributed by atoms with Gasteiger partial charge in [0.2, 0.25) is 0 Å². The van der Waals surface area contributed by atoms with Gasteiger partial charge >= 0.3 is 0 Å². The van der Waals surface area contributed by atoms with E-state index in [1.807, 2.05) is 13.1 Å². The summed E-state index contributed by atoms with van der Waals surface area (Å²) in [5.74, 6) is 0.557. The number of rotatable bonds is 5. The Morgan fingerprint density at radius 1 is 1.45 bits per heavy atom. The third-order valence-corrected chi connectivity index (χ3v) is 4.23. The molecule has 0 saturated carbocycles. The lowest BCUT2D eigenvalue weighted by atomic mass is 9.92. The molecular weight excluding hydrogens is 248 g/mol. The molecule has 4 nitrogen and oxygen atoms in total. The van der Waals surface area contributed by atoms with Crippen molar-refractivity contribution < 1.29 is 0 Å². The van der Waals surface area contributed by atoms with Crippen LogP contribution in [0.1, 0.15) is 24.0 Å². The number of aryl methyl sites for hydroxylation is 1. The van der Waals surface area contributed by atoms with Gasteiger partial charge in [0.15, 0.2) is 0 Å². The number of benzene rings is 1. The molecule has 2 rings (SSSR count). The van der Waals surface area contributed by atoms with E-state index in [9.17, 15) is 0 Å². The molecule has 4 heteroatoms. The molecule has 0 amide bonds. The first-order valence-corrected chi connectivity index (χ1v) is 7.25. The monoisotopic (exact) mass is 274 g/mol. The van der Waals surface area contributed by atoms with Crippen LogP contribution in [-0.2, 0) is 0 Å². The third kappa shape index (κ3) is 3.14. The second-order valence-corrected chi connectivity index (χ2v) is 5.73. The predicted molar refractivity (Wildman–Crippen MR) is 87.7 cm³/mol. The number of allylic oxidation sites excluding steroid dienone is 1. The molecule has 2 unspecified atom stereocenters. The predicted octanol–water partition coefficient (Wildman–Crippen LogP) is 1.96. The van der Waals surface area contributed by atoms with E-state index >= 15 is 0 Å². The topological polar surface area (TPSA) is 76.1 Å². The number of hydrogen-bond acceptors (Lipinski definition) is 4. The lowest BCUT2D eigenvalue weighted by molar-refractivity contribution is 0.484. The highest BCUT2D eigenvalue weighted by Gasteiger charge is 2.23. The smallest absolute Gasteiger partial charge is 0.0601 e. The largest absolute Gasteiger partial charge is 0.397 e. The summed E-state index contributed by atoms with van der Waals surface area (Å²) in [6.07, 6.45) is 2.05. The van der Waals surface area contributed by atoms with Crippen molar-refractivity contribution in [3.8, 4) is 0 Å². The van der Waals surface area contributed by atoms with Gasteiger partial charge < -0.3 is 22.1 Å². The van der Waals surface area contributed by atoms with Gasteiger partial charge in [-0.3, -0.25) is 0 Å². The zero-order chi connectivity index (χ0) is 14.7. The van der Waals surface area contributed by atoms with Crippen molar-refractivity contribution in [1.82, 2.24) is 5.32 Å². The molecule has 1 aromatic carbocycles. The molecule has 0 bridgehead atoms. The molecule has 1 saturated heterocycles. The quantitative estimate of drug-likeness (QED) is 0.619. The van der Waals surface area contributed by atoms with Crippen LogP contribution in [0.25, 0.3) is 5.57 Å². The molecule has 1 heterocycles. The van der Waals surface area contributed by atoms with Gasteiger partial charge in [-0.15, -0.1) is 0 Å². The minimum Gasteiger partial charge on any atom is -0.397 e. The van der Waals surface area contributed by atoms with Gasteiger partial charge in [0, 0.05) is 19.6 Å². The number of nitrogen functional groups attached to an aromatic ring is 1. The Labute approximate surface area is 121 Å². The molecule has 6 N–H and O–H groups in total. The fourth-order valence-electron chi connectivity index (χ4n) is 2.93. The van der Waals surface area contributed by atoms with E-state index in [2.05, 4.69) is 30.2 Å². The van der Waals surface area contributed by atoms with Crippen molar-refractivity contribution in [3.05, 3.63) is 29.8 Å². The average Bonchev–Trinajstić information content (AvgIpc) is 2.81. The van der Waals surface area contributed by atoms with Crippen molar-refractivity contribution in [1.29, 1.82) is 0 Å². The molecule has 0 aliphatic carbocycles. The van der Waals surface area contributed by atoms with Gasteiger partial charge in [0.1, 0.15) is 0 Å². The molecule has 0 spiro atoms. The second-order valence-electron chi connectivity index (χ2n) is 5.73. The van der Waals surface area contributed by atoms with Crippen molar-refractivity contribution >= 4 is 16.9 Å². The van der Waals surface area contributed by atoms with E-state index in [0.717, 1.165) is 54.0 Å². The SMILES string of the molecule is C=C(CCC1CNCC1N)c1cc(C)c(NC)c(N)c1. The Bertz CT molecular complexity index is 472. The van der Waals surface area contributed by atoms with Crippen LogP contribution in [-0.4, -0.2) is 26.2 Å². The van der Waals surface area contributed by atoms with Crippen LogP contribution in [0.3, 0.4) is 0 Å². The van der Waals surface area contributed by atoms with Crippen molar-refractivity contribution in [3.63, 3.8) is 0 Å². The van der Waals surface area contributed by atoms with Gasteiger partial charge in [0.25, 0.3) is 0 Å². The molecule has 1 aromatic rings. The molecular formula is C16H26N4. The normalized spacial score (nSPS) is 21.9. The molecule has 1 aliphatic heterocycles. The summed E-state index contributed by atoms with van der Waals surface area (Å²) < 4.78 is 0. The first-order chi connectivity index (χ1) is 9.52. The Balaban J connectivity index is 2.02. The number of nitrogens with two attached hydrogens (primary N) is 2. The van der Waals surface area contributed by atoms with Crippen LogP contribution in [0.15, 0.2) is 18.7 Å². The van der Waals surface area contributed by atoms with Crippen LogP contribution in [0, 0.1) is 12.8 Å². The van der Waals surface area contributed by atoms with Crippen molar-refractivity contribution in [2.75, 3.05) is 31.2 Å². The van der Waals surface area contributed by atoms with E-state index in [1.165, 1.54) is 0 Å². The summed E-state index contributed by atoms with van der Waals surface area (Å²) in [5.41, 5.74) is 17.4. The highest BCUT2D eigenvalue weighted by Crippen LogP contribution is 2.30. The van der Waals surface area contributed by atoms with Gasteiger partial charge in [0.05, 0.1) is 11.4 Å². The van der Waals surface area contributed by atoms with Crippen LogP contribution in [0.5, 0.6) is 0 Å². The second kappa shape index (κ2) is 6.29. The van der Waals surface area contributed by atoms with Crippen LogP contribution in [0.4, 0.5) is 11.4 Å². The van der Waals surface area contributed by atoms with Crippen LogP contribution < -0.4 is 22.1 Å². The Kier molecular flexibility index (Phi) is 4.68. The van der Waals surface area contributed by atoms with Gasteiger partial charge in [-0.25, -0.2) is 0 Å². The summed E-state index contributed by atoms with van der Waals surface area (Å²) in [6.45, 7) is 8.23. The lowest BCUT2D eigenvalue weighted by Gasteiger charge is -2.16. The minimum atomic E-state index is 0.279. The average molecular weight is 274 g/mol. The maximum Gasteiger partial charge on any atom is 0.0601 e. The third-order valence-electron chi connectivity index (χ3n) is 4.23. The maximum absolute atomic E-state index is 6.08. The van der Waals surface area contributed by atoms with E-state index in [4.69, 9.17) is 11.5 Å². The van der Waals surface area contributed by atoms with Crippen molar-refractivity contribution in [2.45, 2.75) is 25.8 Å². The molecule has 0 radical (unpaired) electrons. The number of anilines is 2. The number of nitrogens with one attached hydrogen (secondary N) is 2. The summed E-state index contributed by atoms with van der Waals surface area (Å²) in [6, 6.07) is 4.44. The summed E-state index contributed by atoms with van der Waals surface area (Å²) in [5, 5.41) is 6.47. The summed E-state index contributed by atoms with van der Waals surface area (Å²) in [4.78, 5) is 0. The van der Waals surface area contributed by atoms with Crippen LogP contribution >= 0.6 is 0 Å². The highest BCUT2D eigenvalue weighted by molar-refractivity contribution is 5.77. The maximum atomic E-state index is 6.08. The van der Waals surface area contributed by atoms with E-state index in [0.29, 0.717) is 5.92 Å². The van der Waals surface area contributed by atoms with Crippen LogP contribution in [0.2, 0.25) is 0 Å². The first kappa shape index (κ1) is 14.9. The Morgan fingerprint density at radius 3 is 2.75 bits per heavy atom.